The highest BCUT2D eigenvalue weighted by molar-refractivity contribution is 5.91. The Kier molecular flexibility index (Phi) is 3.91. The van der Waals surface area contributed by atoms with Crippen LogP contribution in [0.15, 0.2) is 18.2 Å². The van der Waals surface area contributed by atoms with Crippen molar-refractivity contribution in [2.75, 3.05) is 6.61 Å². The van der Waals surface area contributed by atoms with E-state index in [9.17, 15) is 13.6 Å². The standard InChI is InChI=1S/C14H13F2NO2/c1-8-12(2-3-19-8)14(18)13(7-17)9-4-10(15)6-11(16)5-9/h4-6,8,12-13H,2-3H2,1H3. The molecule has 3 nitrogen and oxygen atoms in total. The normalized spacial score (nSPS) is 23.9. The maximum atomic E-state index is 13.2. The molecule has 1 aromatic carbocycles. The van der Waals surface area contributed by atoms with Crippen molar-refractivity contribution in [2.24, 2.45) is 5.92 Å². The van der Waals surface area contributed by atoms with Crippen LogP contribution in [0.2, 0.25) is 0 Å². The first kappa shape index (κ1) is 13.6. The molecule has 0 spiro atoms. The second-order valence-corrected chi connectivity index (χ2v) is 4.64. The van der Waals surface area contributed by atoms with Gasteiger partial charge in [-0.25, -0.2) is 8.78 Å². The largest absolute Gasteiger partial charge is 0.378 e. The van der Waals surface area contributed by atoms with E-state index in [0.717, 1.165) is 12.1 Å². The lowest BCUT2D eigenvalue weighted by Gasteiger charge is -2.16. The summed E-state index contributed by atoms with van der Waals surface area (Å²) in [5.74, 6) is -3.47. The Morgan fingerprint density at radius 1 is 1.42 bits per heavy atom. The van der Waals surface area contributed by atoms with Crippen molar-refractivity contribution in [2.45, 2.75) is 25.4 Å². The minimum absolute atomic E-state index is 0.0594. The van der Waals surface area contributed by atoms with Crippen molar-refractivity contribution in [3.05, 3.63) is 35.4 Å². The molecule has 0 amide bonds. The van der Waals surface area contributed by atoms with Crippen LogP contribution in [0.4, 0.5) is 8.78 Å². The van der Waals surface area contributed by atoms with Crippen molar-refractivity contribution < 1.29 is 18.3 Å². The first-order valence-corrected chi connectivity index (χ1v) is 6.04. The SMILES string of the molecule is CC1OCCC1C(=O)C(C#N)c1cc(F)cc(F)c1. The number of nitriles is 1. The molecular formula is C14H13F2NO2. The van der Waals surface area contributed by atoms with Gasteiger partial charge in [-0.2, -0.15) is 5.26 Å². The van der Waals surface area contributed by atoms with Crippen molar-refractivity contribution >= 4 is 5.78 Å². The molecule has 1 aliphatic heterocycles. The first-order valence-electron chi connectivity index (χ1n) is 6.04. The van der Waals surface area contributed by atoms with E-state index in [4.69, 9.17) is 10.00 Å². The fourth-order valence-corrected chi connectivity index (χ4v) is 2.36. The minimum atomic E-state index is -1.15. The van der Waals surface area contributed by atoms with Gasteiger partial charge >= 0.3 is 0 Å². The first-order chi connectivity index (χ1) is 9.02. The van der Waals surface area contributed by atoms with Crippen LogP contribution >= 0.6 is 0 Å². The van der Waals surface area contributed by atoms with Gasteiger partial charge in [-0.15, -0.1) is 0 Å². The molecule has 3 unspecified atom stereocenters. The molecule has 5 heteroatoms. The molecule has 0 saturated carbocycles. The van der Waals surface area contributed by atoms with Gasteiger partial charge in [0.2, 0.25) is 0 Å². The van der Waals surface area contributed by atoms with Crippen molar-refractivity contribution in [1.29, 1.82) is 5.26 Å². The zero-order valence-corrected chi connectivity index (χ0v) is 10.4. The van der Waals surface area contributed by atoms with Crippen molar-refractivity contribution in [3.8, 4) is 6.07 Å². The van der Waals surface area contributed by atoms with Gasteiger partial charge in [0, 0.05) is 18.6 Å². The molecule has 1 aliphatic rings. The number of rotatable bonds is 3. The summed E-state index contributed by atoms with van der Waals surface area (Å²) in [7, 11) is 0. The topological polar surface area (TPSA) is 50.1 Å². The third kappa shape index (κ3) is 2.79. The summed E-state index contributed by atoms with van der Waals surface area (Å²) in [4.78, 5) is 12.3. The Morgan fingerprint density at radius 3 is 2.53 bits per heavy atom. The molecule has 0 bridgehead atoms. The van der Waals surface area contributed by atoms with Gasteiger partial charge in [0.25, 0.3) is 0 Å². The highest BCUT2D eigenvalue weighted by Gasteiger charge is 2.36. The van der Waals surface area contributed by atoms with Gasteiger partial charge in [-0.3, -0.25) is 4.79 Å². The summed E-state index contributed by atoms with van der Waals surface area (Å²) in [6.07, 6.45) is 0.275. The minimum Gasteiger partial charge on any atom is -0.378 e. The van der Waals surface area contributed by atoms with E-state index in [1.165, 1.54) is 0 Å². The fourth-order valence-electron chi connectivity index (χ4n) is 2.36. The highest BCUT2D eigenvalue weighted by atomic mass is 19.1. The van der Waals surface area contributed by atoms with E-state index in [2.05, 4.69) is 0 Å². The van der Waals surface area contributed by atoms with Crippen LogP contribution in [0.1, 0.15) is 24.8 Å². The maximum Gasteiger partial charge on any atom is 0.160 e. The molecule has 1 heterocycles. The maximum absolute atomic E-state index is 13.2. The zero-order chi connectivity index (χ0) is 14.0. The van der Waals surface area contributed by atoms with E-state index in [0.29, 0.717) is 19.1 Å². The van der Waals surface area contributed by atoms with E-state index < -0.39 is 23.5 Å². The fraction of sp³-hybridized carbons (Fsp3) is 0.429. The molecule has 0 aromatic heterocycles. The molecular weight excluding hydrogens is 252 g/mol. The molecule has 100 valence electrons. The Balaban J connectivity index is 2.29. The molecule has 0 N–H and O–H groups in total. The van der Waals surface area contributed by atoms with Crippen LogP contribution in [0.25, 0.3) is 0 Å². The lowest BCUT2D eigenvalue weighted by atomic mass is 9.85. The van der Waals surface area contributed by atoms with Crippen LogP contribution in [-0.2, 0) is 9.53 Å². The van der Waals surface area contributed by atoms with Crippen LogP contribution in [0.3, 0.4) is 0 Å². The number of carbonyl (C=O) groups excluding carboxylic acids is 1. The molecule has 1 aromatic rings. The smallest absolute Gasteiger partial charge is 0.160 e. The van der Waals surface area contributed by atoms with Crippen molar-refractivity contribution in [1.82, 2.24) is 0 Å². The summed E-state index contributed by atoms with van der Waals surface area (Å²) < 4.78 is 31.6. The van der Waals surface area contributed by atoms with E-state index in [1.54, 1.807) is 6.92 Å². The Morgan fingerprint density at radius 2 is 2.05 bits per heavy atom. The Hall–Kier alpha value is -1.80. The second kappa shape index (κ2) is 5.45. The van der Waals surface area contributed by atoms with Gasteiger partial charge < -0.3 is 4.74 Å². The van der Waals surface area contributed by atoms with Crippen LogP contribution in [0, 0.1) is 28.9 Å². The second-order valence-electron chi connectivity index (χ2n) is 4.64. The number of hydrogen-bond acceptors (Lipinski definition) is 3. The number of benzene rings is 1. The summed E-state index contributed by atoms with van der Waals surface area (Å²) in [5.41, 5.74) is 0.0594. The van der Waals surface area contributed by atoms with Gasteiger partial charge in [0.1, 0.15) is 17.6 Å². The quantitative estimate of drug-likeness (QED) is 0.844. The molecule has 0 aliphatic carbocycles. The van der Waals surface area contributed by atoms with Gasteiger partial charge in [0.05, 0.1) is 12.2 Å². The molecule has 19 heavy (non-hydrogen) atoms. The van der Waals surface area contributed by atoms with Crippen LogP contribution in [-0.4, -0.2) is 18.5 Å². The third-order valence-electron chi connectivity index (χ3n) is 3.37. The number of nitrogens with zero attached hydrogens (tertiary/aromatic N) is 1. The number of hydrogen-bond donors (Lipinski definition) is 0. The van der Waals surface area contributed by atoms with Crippen LogP contribution in [0.5, 0.6) is 0 Å². The summed E-state index contributed by atoms with van der Waals surface area (Å²) >= 11 is 0. The Bertz CT molecular complexity index is 518. The van der Waals surface area contributed by atoms with E-state index in [1.807, 2.05) is 6.07 Å². The van der Waals surface area contributed by atoms with Crippen molar-refractivity contribution in [3.63, 3.8) is 0 Å². The average Bonchev–Trinajstić information content (AvgIpc) is 2.75. The predicted molar refractivity (Wildman–Crippen MR) is 63.2 cm³/mol. The molecule has 1 fully saturated rings. The number of carbonyl (C=O) groups is 1. The monoisotopic (exact) mass is 265 g/mol. The third-order valence-corrected chi connectivity index (χ3v) is 3.37. The molecule has 1 saturated heterocycles. The van der Waals surface area contributed by atoms with E-state index in [-0.39, 0.29) is 17.5 Å². The highest BCUT2D eigenvalue weighted by Crippen LogP contribution is 2.29. The average molecular weight is 265 g/mol. The summed E-state index contributed by atoms with van der Waals surface area (Å²) in [5, 5.41) is 9.12. The zero-order valence-electron chi connectivity index (χ0n) is 10.4. The number of ketones is 1. The Labute approximate surface area is 109 Å². The van der Waals surface area contributed by atoms with Gasteiger partial charge in [-0.1, -0.05) is 0 Å². The number of halogens is 2. The predicted octanol–water partition coefficient (Wildman–Crippen LogP) is 2.57. The number of ether oxygens (including phenoxy) is 1. The lowest BCUT2D eigenvalue weighted by molar-refractivity contribution is -0.124. The summed E-state index contributed by atoms with van der Waals surface area (Å²) in [6, 6.07) is 4.59. The molecule has 3 atom stereocenters. The van der Waals surface area contributed by atoms with E-state index >= 15 is 0 Å². The molecule has 2 rings (SSSR count). The number of Topliss-reactive ketones (excluding diaryl/α,β-unsaturated/α-hetero) is 1. The van der Waals surface area contributed by atoms with Gasteiger partial charge in [-0.05, 0) is 31.0 Å². The van der Waals surface area contributed by atoms with Gasteiger partial charge in [0.15, 0.2) is 5.78 Å². The summed E-state index contributed by atoms with van der Waals surface area (Å²) in [6.45, 7) is 2.23. The lowest BCUT2D eigenvalue weighted by Crippen LogP contribution is -2.26. The molecule has 0 radical (unpaired) electrons. The van der Waals surface area contributed by atoms with Crippen LogP contribution < -0.4 is 0 Å².